The largest absolute Gasteiger partial charge is 2.00 e. The molecule has 2 aromatic heterocycles. The summed E-state index contributed by atoms with van der Waals surface area (Å²) in [6, 6.07) is 3.88. The Bertz CT molecular complexity index is 404. The zero-order valence-corrected chi connectivity index (χ0v) is 20.2. The van der Waals surface area contributed by atoms with Gasteiger partial charge in [0.1, 0.15) is 0 Å². The van der Waals surface area contributed by atoms with Crippen LogP contribution in [0.5, 0.6) is 0 Å². The van der Waals surface area contributed by atoms with Crippen LogP contribution in [0.3, 0.4) is 0 Å². The van der Waals surface area contributed by atoms with Crippen molar-refractivity contribution in [2.45, 2.75) is 0 Å². The Hall–Kier alpha value is 1.90. The van der Waals surface area contributed by atoms with E-state index in [0.29, 0.717) is 0 Å². The van der Waals surface area contributed by atoms with Gasteiger partial charge in [-0.05, 0) is 75.9 Å². The van der Waals surface area contributed by atoms with Gasteiger partial charge in [0.05, 0.1) is 0 Å². The number of aromatic nitrogens is 2. The zero-order chi connectivity index (χ0) is 12.0. The smallest absolute Gasteiger partial charge is 1.00 e. The molecule has 1 radical (unpaired) electrons. The second kappa shape index (κ2) is 19.9. The molecule has 0 saturated carbocycles. The van der Waals surface area contributed by atoms with E-state index in [2.05, 4.69) is 73.7 Å². The third-order valence-corrected chi connectivity index (χ3v) is 3.08. The molecule has 2 rings (SSSR count). The summed E-state index contributed by atoms with van der Waals surface area (Å²) in [5.41, 5.74) is 0. The van der Waals surface area contributed by atoms with Crippen LogP contribution in [-0.4, -0.2) is 9.97 Å². The molecule has 0 saturated heterocycles. The number of pyridine rings is 2. The summed E-state index contributed by atoms with van der Waals surface area (Å²) in [7, 11) is 0. The van der Waals surface area contributed by atoms with Crippen LogP contribution in [0.4, 0.5) is 0 Å². The molecule has 11 heteroatoms. The van der Waals surface area contributed by atoms with Crippen LogP contribution in [0.1, 0.15) is 0 Å². The Morgan fingerprint density at radius 2 is 0.762 bits per heavy atom. The maximum Gasteiger partial charge on any atom is 2.00 e. The standard InChI is InChI=1S/2C5H3Br2N.4ClH.Cu/c2*6-4-1-5(7)3-8-2-4;;;;;/h2*1-3H;4*1H;/q;;;;;;+2/p-2. The molecule has 0 spiro atoms. The second-order valence-electron chi connectivity index (χ2n) is 2.64. The summed E-state index contributed by atoms with van der Waals surface area (Å²) in [6.45, 7) is 0. The van der Waals surface area contributed by atoms with Crippen molar-refractivity contribution < 1.29 is 41.9 Å². The third-order valence-electron chi connectivity index (χ3n) is 1.34. The molecule has 2 heterocycles. The van der Waals surface area contributed by atoms with E-state index in [0.717, 1.165) is 17.9 Å². The fraction of sp³-hybridized carbons (Fsp3) is 0. The molecule has 0 N–H and O–H groups in total. The van der Waals surface area contributed by atoms with Gasteiger partial charge in [-0.3, -0.25) is 9.97 Å². The van der Waals surface area contributed by atoms with Crippen molar-refractivity contribution in [1.82, 2.24) is 9.97 Å². The SMILES string of the molecule is Brc1cncc(Br)c1.Brc1cncc(Br)c1.Cl.Cl.[Cl-].[Cl-].[Cu+2]. The summed E-state index contributed by atoms with van der Waals surface area (Å²) in [5, 5.41) is 0. The fourth-order valence-corrected chi connectivity index (χ4v) is 2.85. The maximum absolute atomic E-state index is 3.89. The van der Waals surface area contributed by atoms with E-state index in [4.69, 9.17) is 0 Å². The van der Waals surface area contributed by atoms with Crippen LogP contribution in [0.2, 0.25) is 0 Å². The van der Waals surface area contributed by atoms with Gasteiger partial charge in [-0.25, -0.2) is 0 Å². The van der Waals surface area contributed by atoms with Gasteiger partial charge in [0, 0.05) is 42.7 Å². The summed E-state index contributed by atoms with van der Waals surface area (Å²) in [4.78, 5) is 7.78. The van der Waals surface area contributed by atoms with Crippen LogP contribution >= 0.6 is 88.5 Å². The Kier molecular flexibility index (Phi) is 32.6. The van der Waals surface area contributed by atoms with Crippen molar-refractivity contribution >= 4 is 88.5 Å². The van der Waals surface area contributed by atoms with E-state index in [-0.39, 0.29) is 66.7 Å². The van der Waals surface area contributed by atoms with Gasteiger partial charge in [0.25, 0.3) is 0 Å². The van der Waals surface area contributed by atoms with Gasteiger partial charge in [-0.1, -0.05) is 0 Å². The Labute approximate surface area is 193 Å². The third kappa shape index (κ3) is 18.1. The summed E-state index contributed by atoms with van der Waals surface area (Å²) >= 11 is 13.1. The van der Waals surface area contributed by atoms with Crippen molar-refractivity contribution in [2.75, 3.05) is 0 Å². The van der Waals surface area contributed by atoms with Crippen molar-refractivity contribution in [3.8, 4) is 0 Å². The molecule has 21 heavy (non-hydrogen) atoms. The van der Waals surface area contributed by atoms with Crippen LogP contribution in [0, 0.1) is 0 Å². The number of rotatable bonds is 0. The minimum absolute atomic E-state index is 0. The molecule has 0 atom stereocenters. The molecule has 2 aromatic rings. The topological polar surface area (TPSA) is 25.8 Å². The average molecular weight is 681 g/mol. The predicted molar refractivity (Wildman–Crippen MR) is 93.8 cm³/mol. The van der Waals surface area contributed by atoms with E-state index < -0.39 is 0 Å². The Morgan fingerprint density at radius 3 is 0.857 bits per heavy atom. The first-order valence-corrected chi connectivity index (χ1v) is 7.27. The summed E-state index contributed by atoms with van der Waals surface area (Å²) in [6.07, 6.45) is 6.96. The molecule has 125 valence electrons. The van der Waals surface area contributed by atoms with Gasteiger partial charge in [0.2, 0.25) is 0 Å². The van der Waals surface area contributed by atoms with Crippen LogP contribution < -0.4 is 24.8 Å². The average Bonchev–Trinajstić information content (AvgIpc) is 2.17. The Balaban J connectivity index is -0.0000000656. The fourth-order valence-electron chi connectivity index (χ4n) is 0.772. The molecule has 2 nitrogen and oxygen atoms in total. The molecule has 0 aliphatic rings. The van der Waals surface area contributed by atoms with Gasteiger partial charge in [-0.15, -0.1) is 24.8 Å². The van der Waals surface area contributed by atoms with E-state index in [1.807, 2.05) is 12.1 Å². The van der Waals surface area contributed by atoms with E-state index >= 15 is 0 Å². The minimum atomic E-state index is 0. The monoisotopic (exact) mass is 675 g/mol. The first-order chi connectivity index (χ1) is 7.58. The van der Waals surface area contributed by atoms with Gasteiger partial charge >= 0.3 is 17.1 Å². The van der Waals surface area contributed by atoms with Crippen molar-refractivity contribution in [3.63, 3.8) is 0 Å². The van der Waals surface area contributed by atoms with Crippen molar-refractivity contribution in [1.29, 1.82) is 0 Å². The first kappa shape index (κ1) is 34.3. The second-order valence-corrected chi connectivity index (χ2v) is 6.31. The van der Waals surface area contributed by atoms with Crippen molar-refractivity contribution in [3.05, 3.63) is 54.8 Å². The molecule has 0 unspecified atom stereocenters. The van der Waals surface area contributed by atoms with Gasteiger partial charge in [0.15, 0.2) is 0 Å². The molecule has 0 fully saturated rings. The van der Waals surface area contributed by atoms with E-state index in [9.17, 15) is 0 Å². The predicted octanol–water partition coefficient (Wildman–Crippen LogP) is 0.0623. The first-order valence-electron chi connectivity index (χ1n) is 4.10. The minimum Gasteiger partial charge on any atom is -1.00 e. The molecule has 0 aliphatic heterocycles. The van der Waals surface area contributed by atoms with Crippen LogP contribution in [0.25, 0.3) is 0 Å². The number of halogens is 8. The number of hydrogen-bond acceptors (Lipinski definition) is 2. The van der Waals surface area contributed by atoms with Gasteiger partial charge < -0.3 is 24.8 Å². The van der Waals surface area contributed by atoms with Gasteiger partial charge in [-0.2, -0.15) is 0 Å². The molecule has 0 aliphatic carbocycles. The molecular weight excluding hydrogens is 673 g/mol. The van der Waals surface area contributed by atoms with Crippen molar-refractivity contribution in [2.24, 2.45) is 0 Å². The van der Waals surface area contributed by atoms with E-state index in [1.165, 1.54) is 0 Å². The van der Waals surface area contributed by atoms with Crippen LogP contribution in [-0.2, 0) is 17.1 Å². The maximum atomic E-state index is 3.89. The summed E-state index contributed by atoms with van der Waals surface area (Å²) < 4.78 is 3.97. The summed E-state index contributed by atoms with van der Waals surface area (Å²) in [5.74, 6) is 0. The normalized spacial score (nSPS) is 7.05. The number of hydrogen-bond donors (Lipinski definition) is 0. The number of nitrogens with zero attached hydrogens (tertiary/aromatic N) is 2. The quantitative estimate of drug-likeness (QED) is 0.369. The molecule has 0 aromatic carbocycles. The molecular formula is C10H8Br4Cl4CuN2. The molecule has 0 amide bonds. The molecule has 0 bridgehead atoms. The zero-order valence-electron chi connectivity index (χ0n) is 9.74. The van der Waals surface area contributed by atoms with E-state index in [1.54, 1.807) is 24.8 Å². The van der Waals surface area contributed by atoms with Crippen LogP contribution in [0.15, 0.2) is 54.8 Å². The Morgan fingerprint density at radius 1 is 0.571 bits per heavy atom.